The summed E-state index contributed by atoms with van der Waals surface area (Å²) < 4.78 is 5.02. The van der Waals surface area contributed by atoms with Gasteiger partial charge in [0.1, 0.15) is 18.2 Å². The number of nitrogens with one attached hydrogen (secondary N) is 2. The van der Waals surface area contributed by atoms with E-state index in [1.165, 1.54) is 0 Å². The van der Waals surface area contributed by atoms with E-state index < -0.39 is 0 Å². The molecule has 1 fully saturated rings. The summed E-state index contributed by atoms with van der Waals surface area (Å²) in [4.78, 5) is 8.53. The molecule has 1 heterocycles. The van der Waals surface area contributed by atoms with Crippen LogP contribution in [0.3, 0.4) is 0 Å². The number of hydrazine groups is 1. The van der Waals surface area contributed by atoms with E-state index in [0.29, 0.717) is 24.2 Å². The van der Waals surface area contributed by atoms with E-state index in [-0.39, 0.29) is 6.10 Å². The monoisotopic (exact) mass is 267 g/mol. The molecule has 0 aliphatic heterocycles. The van der Waals surface area contributed by atoms with Crippen molar-refractivity contribution in [3.8, 4) is 0 Å². The first-order valence-electron chi connectivity index (χ1n) is 6.46. The highest BCUT2D eigenvalue weighted by molar-refractivity contribution is 5.46. The Morgan fingerprint density at radius 2 is 2.21 bits per heavy atom. The van der Waals surface area contributed by atoms with Gasteiger partial charge in [-0.15, -0.1) is 0 Å². The lowest BCUT2D eigenvalue weighted by Gasteiger charge is -2.13. The van der Waals surface area contributed by atoms with Crippen LogP contribution in [-0.4, -0.2) is 34.8 Å². The van der Waals surface area contributed by atoms with Gasteiger partial charge in [0.25, 0.3) is 0 Å². The van der Waals surface area contributed by atoms with Crippen LogP contribution in [0.2, 0.25) is 0 Å². The van der Waals surface area contributed by atoms with Gasteiger partial charge in [-0.05, 0) is 25.2 Å². The van der Waals surface area contributed by atoms with Crippen LogP contribution in [0, 0.1) is 5.92 Å². The Bertz CT molecular complexity index is 415. The molecule has 1 saturated carbocycles. The predicted molar refractivity (Wildman–Crippen MR) is 72.4 cm³/mol. The molecule has 5 N–H and O–H groups in total. The highest BCUT2D eigenvalue weighted by Crippen LogP contribution is 2.25. The highest BCUT2D eigenvalue weighted by Gasteiger charge is 2.22. The lowest BCUT2D eigenvalue weighted by atomic mass is 10.1. The molecule has 1 aromatic rings. The fourth-order valence-corrected chi connectivity index (χ4v) is 2.34. The standard InChI is InChI=1S/C12H21N5O2/c1-19-7-12-15-10(5-11(16-12)17-13)14-6-8-2-3-9(18)4-8/h5,8-9,18H,2-4,6-7,13H2,1H3,(H2,14,15,16,17). The zero-order valence-corrected chi connectivity index (χ0v) is 11.1. The molecule has 2 atom stereocenters. The molecule has 0 bridgehead atoms. The zero-order chi connectivity index (χ0) is 13.7. The molecule has 19 heavy (non-hydrogen) atoms. The van der Waals surface area contributed by atoms with E-state index in [4.69, 9.17) is 10.6 Å². The topological polar surface area (TPSA) is 105 Å². The van der Waals surface area contributed by atoms with E-state index in [1.54, 1.807) is 13.2 Å². The largest absolute Gasteiger partial charge is 0.393 e. The average molecular weight is 267 g/mol. The maximum Gasteiger partial charge on any atom is 0.158 e. The number of rotatable bonds is 6. The summed E-state index contributed by atoms with van der Waals surface area (Å²) >= 11 is 0. The SMILES string of the molecule is COCc1nc(NN)cc(NCC2CCC(O)C2)n1. The lowest BCUT2D eigenvalue weighted by molar-refractivity contribution is 0.178. The molecular weight excluding hydrogens is 246 g/mol. The van der Waals surface area contributed by atoms with Gasteiger partial charge in [-0.1, -0.05) is 0 Å². The van der Waals surface area contributed by atoms with Crippen molar-refractivity contribution < 1.29 is 9.84 Å². The minimum absolute atomic E-state index is 0.150. The minimum Gasteiger partial charge on any atom is -0.393 e. The van der Waals surface area contributed by atoms with E-state index in [9.17, 15) is 5.11 Å². The number of aromatic nitrogens is 2. The first-order chi connectivity index (χ1) is 9.21. The number of methoxy groups -OCH3 is 1. The lowest BCUT2D eigenvalue weighted by Crippen LogP contribution is -2.16. The second-order valence-electron chi connectivity index (χ2n) is 4.85. The van der Waals surface area contributed by atoms with Crippen LogP contribution in [0.5, 0.6) is 0 Å². The van der Waals surface area contributed by atoms with E-state index in [1.807, 2.05) is 0 Å². The van der Waals surface area contributed by atoms with Crippen LogP contribution in [0.25, 0.3) is 0 Å². The molecule has 1 aliphatic rings. The van der Waals surface area contributed by atoms with Gasteiger partial charge in [0.2, 0.25) is 0 Å². The molecule has 0 saturated heterocycles. The van der Waals surface area contributed by atoms with Gasteiger partial charge < -0.3 is 20.6 Å². The maximum atomic E-state index is 9.50. The quantitative estimate of drug-likeness (QED) is 0.439. The number of aliphatic hydroxyl groups is 1. The maximum absolute atomic E-state index is 9.50. The normalized spacial score (nSPS) is 22.5. The average Bonchev–Trinajstić information content (AvgIpc) is 2.82. The van der Waals surface area contributed by atoms with Crippen molar-refractivity contribution >= 4 is 11.6 Å². The molecule has 7 heteroatoms. The summed E-state index contributed by atoms with van der Waals surface area (Å²) in [6, 6.07) is 1.75. The van der Waals surface area contributed by atoms with Crippen LogP contribution >= 0.6 is 0 Å². The number of nitrogen functional groups attached to an aromatic ring is 1. The predicted octanol–water partition coefficient (Wildman–Crippen LogP) is 0.481. The third-order valence-electron chi connectivity index (χ3n) is 3.28. The number of nitrogens with two attached hydrogens (primary N) is 1. The Morgan fingerprint density at radius 3 is 2.84 bits per heavy atom. The summed E-state index contributed by atoms with van der Waals surface area (Å²) in [6.07, 6.45) is 2.64. The summed E-state index contributed by atoms with van der Waals surface area (Å²) in [5, 5.41) is 12.8. The van der Waals surface area contributed by atoms with Crippen LogP contribution in [0.1, 0.15) is 25.1 Å². The zero-order valence-electron chi connectivity index (χ0n) is 11.1. The van der Waals surface area contributed by atoms with E-state index >= 15 is 0 Å². The number of hydrogen-bond donors (Lipinski definition) is 4. The van der Waals surface area contributed by atoms with Gasteiger partial charge in [0, 0.05) is 19.7 Å². The van der Waals surface area contributed by atoms with Crippen molar-refractivity contribution in [2.75, 3.05) is 24.4 Å². The molecule has 7 nitrogen and oxygen atoms in total. The van der Waals surface area contributed by atoms with Gasteiger partial charge in [-0.3, -0.25) is 0 Å². The van der Waals surface area contributed by atoms with Gasteiger partial charge >= 0.3 is 0 Å². The summed E-state index contributed by atoms with van der Waals surface area (Å²) in [7, 11) is 1.60. The molecule has 0 aromatic carbocycles. The van der Waals surface area contributed by atoms with Gasteiger partial charge in [-0.2, -0.15) is 0 Å². The van der Waals surface area contributed by atoms with Crippen molar-refractivity contribution in [2.24, 2.45) is 11.8 Å². The first-order valence-corrected chi connectivity index (χ1v) is 6.46. The second kappa shape index (κ2) is 6.65. The van der Waals surface area contributed by atoms with E-state index in [0.717, 1.165) is 31.6 Å². The van der Waals surface area contributed by atoms with E-state index in [2.05, 4.69) is 20.7 Å². The molecule has 0 amide bonds. The van der Waals surface area contributed by atoms with Gasteiger partial charge in [-0.25, -0.2) is 15.8 Å². The van der Waals surface area contributed by atoms with Crippen molar-refractivity contribution in [2.45, 2.75) is 32.0 Å². The van der Waals surface area contributed by atoms with Crippen molar-refractivity contribution in [3.63, 3.8) is 0 Å². The Hall–Kier alpha value is -1.44. The first kappa shape index (κ1) is 14.0. The second-order valence-corrected chi connectivity index (χ2v) is 4.85. The molecule has 1 aliphatic carbocycles. The third kappa shape index (κ3) is 4.02. The number of hydrogen-bond acceptors (Lipinski definition) is 7. The highest BCUT2D eigenvalue weighted by atomic mass is 16.5. The smallest absolute Gasteiger partial charge is 0.158 e. The Kier molecular flexibility index (Phi) is 4.89. The molecule has 0 radical (unpaired) electrons. The minimum atomic E-state index is -0.150. The van der Waals surface area contributed by atoms with Crippen molar-refractivity contribution in [1.29, 1.82) is 0 Å². The fraction of sp³-hybridized carbons (Fsp3) is 0.667. The number of ether oxygens (including phenoxy) is 1. The number of aliphatic hydroxyl groups excluding tert-OH is 1. The summed E-state index contributed by atoms with van der Waals surface area (Å²) in [5.41, 5.74) is 2.51. The van der Waals surface area contributed by atoms with Crippen molar-refractivity contribution in [3.05, 3.63) is 11.9 Å². The van der Waals surface area contributed by atoms with Crippen LogP contribution in [-0.2, 0) is 11.3 Å². The van der Waals surface area contributed by atoms with Crippen molar-refractivity contribution in [1.82, 2.24) is 9.97 Å². The number of anilines is 2. The molecule has 106 valence electrons. The summed E-state index contributed by atoms with van der Waals surface area (Å²) in [5.74, 6) is 7.72. The van der Waals surface area contributed by atoms with Crippen LogP contribution in [0.15, 0.2) is 6.07 Å². The van der Waals surface area contributed by atoms with Gasteiger partial charge in [0.05, 0.1) is 6.10 Å². The number of nitrogens with zero attached hydrogens (tertiary/aromatic N) is 2. The molecule has 2 rings (SSSR count). The van der Waals surface area contributed by atoms with Gasteiger partial charge in [0.15, 0.2) is 5.82 Å². The third-order valence-corrected chi connectivity index (χ3v) is 3.28. The van der Waals surface area contributed by atoms with Crippen LogP contribution < -0.4 is 16.6 Å². The summed E-state index contributed by atoms with van der Waals surface area (Å²) in [6.45, 7) is 1.14. The Labute approximate surface area is 112 Å². The Balaban J connectivity index is 1.96. The fourth-order valence-electron chi connectivity index (χ4n) is 2.34. The van der Waals surface area contributed by atoms with Crippen LogP contribution in [0.4, 0.5) is 11.6 Å². The molecule has 2 unspecified atom stereocenters. The Morgan fingerprint density at radius 1 is 1.42 bits per heavy atom. The molecule has 1 aromatic heterocycles. The molecule has 0 spiro atoms. The molecular formula is C12H21N5O2.